The maximum Gasteiger partial charge on any atom is 0.0993 e. The number of aromatic nitrogens is 3. The summed E-state index contributed by atoms with van der Waals surface area (Å²) >= 11 is 0. The van der Waals surface area contributed by atoms with Crippen LogP contribution in [0.4, 0.5) is 0 Å². The smallest absolute Gasteiger partial charge is 0.0993 e. The van der Waals surface area contributed by atoms with Gasteiger partial charge in [0.05, 0.1) is 11.4 Å². The Morgan fingerprint density at radius 2 is 2.30 bits per heavy atom. The molecule has 0 aromatic carbocycles. The summed E-state index contributed by atoms with van der Waals surface area (Å²) in [5, 5.41) is 10.8. The van der Waals surface area contributed by atoms with E-state index >= 15 is 0 Å². The molecule has 10 heavy (non-hydrogen) atoms. The van der Waals surface area contributed by atoms with E-state index in [0.29, 0.717) is 0 Å². The van der Waals surface area contributed by atoms with Gasteiger partial charge in [0.1, 0.15) is 0 Å². The van der Waals surface area contributed by atoms with Gasteiger partial charge >= 0.3 is 0 Å². The lowest BCUT2D eigenvalue weighted by atomic mass is 10.3. The van der Waals surface area contributed by atoms with Crippen molar-refractivity contribution in [2.75, 3.05) is 7.05 Å². The van der Waals surface area contributed by atoms with Gasteiger partial charge in [-0.05, 0) is 14.0 Å². The van der Waals surface area contributed by atoms with Gasteiger partial charge < -0.3 is 5.32 Å². The summed E-state index contributed by atoms with van der Waals surface area (Å²) in [6, 6.07) is 0. The van der Waals surface area contributed by atoms with Crippen molar-refractivity contribution in [3.05, 3.63) is 11.4 Å². The molecule has 0 fully saturated rings. The second kappa shape index (κ2) is 2.79. The van der Waals surface area contributed by atoms with Crippen LogP contribution in [0.2, 0.25) is 0 Å². The average Bonchev–Trinajstić information content (AvgIpc) is 2.20. The van der Waals surface area contributed by atoms with Crippen LogP contribution in [0.5, 0.6) is 0 Å². The summed E-state index contributed by atoms with van der Waals surface area (Å²) in [5.74, 6) is 0. The van der Waals surface area contributed by atoms with Crippen LogP contribution in [-0.2, 0) is 13.6 Å². The molecule has 0 aliphatic rings. The highest BCUT2D eigenvalue weighted by molar-refractivity contribution is 5.06. The van der Waals surface area contributed by atoms with E-state index in [4.69, 9.17) is 0 Å². The highest BCUT2D eigenvalue weighted by atomic mass is 15.4. The van der Waals surface area contributed by atoms with Crippen molar-refractivity contribution < 1.29 is 0 Å². The fourth-order valence-corrected chi connectivity index (χ4v) is 0.778. The predicted molar refractivity (Wildman–Crippen MR) is 38.5 cm³/mol. The zero-order chi connectivity index (χ0) is 7.56. The molecular weight excluding hydrogens is 128 g/mol. The summed E-state index contributed by atoms with van der Waals surface area (Å²) in [5.41, 5.74) is 2.14. The number of nitrogens with zero attached hydrogens (tertiary/aromatic N) is 3. The molecule has 0 saturated carbocycles. The molecule has 0 aliphatic heterocycles. The van der Waals surface area contributed by atoms with E-state index in [-0.39, 0.29) is 0 Å². The summed E-state index contributed by atoms with van der Waals surface area (Å²) in [4.78, 5) is 0. The second-order valence-corrected chi connectivity index (χ2v) is 2.28. The van der Waals surface area contributed by atoms with Gasteiger partial charge in [0.2, 0.25) is 0 Å². The van der Waals surface area contributed by atoms with Crippen LogP contribution in [0.25, 0.3) is 0 Å². The molecule has 0 amide bonds. The largest absolute Gasteiger partial charge is 0.314 e. The highest BCUT2D eigenvalue weighted by Crippen LogP contribution is 1.99. The maximum atomic E-state index is 3.96. The van der Waals surface area contributed by atoms with Gasteiger partial charge in [-0.25, -0.2) is 0 Å². The molecular formula is C6H12N4. The van der Waals surface area contributed by atoms with E-state index in [0.717, 1.165) is 17.9 Å². The number of rotatable bonds is 2. The molecule has 4 nitrogen and oxygen atoms in total. The molecule has 0 atom stereocenters. The van der Waals surface area contributed by atoms with Crippen molar-refractivity contribution in [2.45, 2.75) is 13.5 Å². The molecule has 0 aliphatic carbocycles. The van der Waals surface area contributed by atoms with Gasteiger partial charge in [-0.3, -0.25) is 4.68 Å². The zero-order valence-electron chi connectivity index (χ0n) is 6.55. The Morgan fingerprint density at radius 3 is 2.70 bits per heavy atom. The predicted octanol–water partition coefficient (Wildman–Crippen LogP) is -0.157. The minimum Gasteiger partial charge on any atom is -0.314 e. The van der Waals surface area contributed by atoms with Crippen molar-refractivity contribution in [3.8, 4) is 0 Å². The first kappa shape index (κ1) is 7.21. The first-order chi connectivity index (χ1) is 4.75. The van der Waals surface area contributed by atoms with Gasteiger partial charge in [0.15, 0.2) is 0 Å². The molecule has 1 aromatic heterocycles. The first-order valence-electron chi connectivity index (χ1n) is 3.25. The van der Waals surface area contributed by atoms with E-state index < -0.39 is 0 Å². The van der Waals surface area contributed by atoms with Gasteiger partial charge in [0, 0.05) is 13.6 Å². The molecule has 0 bridgehead atoms. The number of hydrogen-bond donors (Lipinski definition) is 1. The zero-order valence-corrected chi connectivity index (χ0v) is 6.55. The van der Waals surface area contributed by atoms with Crippen molar-refractivity contribution >= 4 is 0 Å². The SMILES string of the molecule is CNCc1nnn(C)c1C. The van der Waals surface area contributed by atoms with Crippen LogP contribution in [0.15, 0.2) is 0 Å². The molecule has 56 valence electrons. The van der Waals surface area contributed by atoms with Crippen LogP contribution >= 0.6 is 0 Å². The number of nitrogens with one attached hydrogen (secondary N) is 1. The van der Waals surface area contributed by atoms with Crippen LogP contribution in [-0.4, -0.2) is 22.0 Å². The lowest BCUT2D eigenvalue weighted by Crippen LogP contribution is -2.07. The van der Waals surface area contributed by atoms with E-state index in [1.54, 1.807) is 4.68 Å². The van der Waals surface area contributed by atoms with Gasteiger partial charge in [-0.15, -0.1) is 5.10 Å². The fraction of sp³-hybridized carbons (Fsp3) is 0.667. The molecule has 1 N–H and O–H groups in total. The Morgan fingerprint density at radius 1 is 1.60 bits per heavy atom. The lowest BCUT2D eigenvalue weighted by Gasteiger charge is -1.94. The molecule has 0 saturated heterocycles. The molecule has 0 spiro atoms. The third-order valence-electron chi connectivity index (χ3n) is 1.55. The Bertz CT molecular complexity index is 216. The Labute approximate surface area is 60.2 Å². The average molecular weight is 140 g/mol. The quantitative estimate of drug-likeness (QED) is 0.621. The summed E-state index contributed by atoms with van der Waals surface area (Å²) in [7, 11) is 3.79. The molecule has 4 heteroatoms. The summed E-state index contributed by atoms with van der Waals surface area (Å²) in [6.45, 7) is 2.80. The highest BCUT2D eigenvalue weighted by Gasteiger charge is 2.02. The third-order valence-corrected chi connectivity index (χ3v) is 1.55. The van der Waals surface area contributed by atoms with Crippen molar-refractivity contribution in [3.63, 3.8) is 0 Å². The van der Waals surface area contributed by atoms with E-state index in [1.807, 2.05) is 21.0 Å². The third kappa shape index (κ3) is 1.16. The van der Waals surface area contributed by atoms with Crippen molar-refractivity contribution in [1.82, 2.24) is 20.3 Å². The van der Waals surface area contributed by atoms with E-state index in [1.165, 1.54) is 0 Å². The Hall–Kier alpha value is -0.900. The summed E-state index contributed by atoms with van der Waals surface area (Å²) < 4.78 is 1.77. The molecule has 1 aromatic rings. The van der Waals surface area contributed by atoms with Crippen LogP contribution in [0, 0.1) is 6.92 Å². The number of aryl methyl sites for hydroxylation is 1. The van der Waals surface area contributed by atoms with E-state index in [9.17, 15) is 0 Å². The first-order valence-corrected chi connectivity index (χ1v) is 3.25. The topological polar surface area (TPSA) is 42.7 Å². The molecule has 0 radical (unpaired) electrons. The standard InChI is InChI=1S/C6H12N4/c1-5-6(4-7-2)8-9-10(5)3/h7H,4H2,1-3H3. The molecule has 1 heterocycles. The Balaban J connectivity index is 2.83. The second-order valence-electron chi connectivity index (χ2n) is 2.28. The maximum absolute atomic E-state index is 3.96. The lowest BCUT2D eigenvalue weighted by molar-refractivity contribution is 0.695. The fourth-order valence-electron chi connectivity index (χ4n) is 0.778. The number of hydrogen-bond acceptors (Lipinski definition) is 3. The van der Waals surface area contributed by atoms with E-state index in [2.05, 4.69) is 15.6 Å². The van der Waals surface area contributed by atoms with Gasteiger partial charge in [-0.2, -0.15) is 0 Å². The van der Waals surface area contributed by atoms with Crippen molar-refractivity contribution in [2.24, 2.45) is 7.05 Å². The van der Waals surface area contributed by atoms with Gasteiger partial charge in [0.25, 0.3) is 0 Å². The molecule has 1 rings (SSSR count). The Kier molecular flexibility index (Phi) is 2.01. The van der Waals surface area contributed by atoms with Gasteiger partial charge in [-0.1, -0.05) is 5.21 Å². The monoisotopic (exact) mass is 140 g/mol. The van der Waals surface area contributed by atoms with Crippen LogP contribution < -0.4 is 5.32 Å². The van der Waals surface area contributed by atoms with Crippen molar-refractivity contribution in [1.29, 1.82) is 0 Å². The minimum atomic E-state index is 0.791. The molecule has 0 unspecified atom stereocenters. The van der Waals surface area contributed by atoms with Crippen LogP contribution in [0.1, 0.15) is 11.4 Å². The summed E-state index contributed by atoms with van der Waals surface area (Å²) in [6.07, 6.45) is 0. The minimum absolute atomic E-state index is 0.791. The van der Waals surface area contributed by atoms with Crippen LogP contribution in [0.3, 0.4) is 0 Å². The normalized spacial score (nSPS) is 10.3.